The molecule has 2 aromatic rings. The number of benzene rings is 1. The van der Waals surface area contributed by atoms with Crippen LogP contribution in [0.15, 0.2) is 29.6 Å². The summed E-state index contributed by atoms with van der Waals surface area (Å²) in [6.45, 7) is 13.0. The van der Waals surface area contributed by atoms with Gasteiger partial charge in [-0.25, -0.2) is 4.98 Å². The van der Waals surface area contributed by atoms with E-state index in [0.717, 1.165) is 29.6 Å². The summed E-state index contributed by atoms with van der Waals surface area (Å²) in [5.74, 6) is 0.553. The Morgan fingerprint density at radius 3 is 2.57 bits per heavy atom. The van der Waals surface area contributed by atoms with Gasteiger partial charge in [0.2, 0.25) is 5.91 Å². The number of hydrogen-bond acceptors (Lipinski definition) is 4. The number of carbonyl (C=O) groups excluding carboxylic acids is 1. The van der Waals surface area contributed by atoms with Crippen molar-refractivity contribution >= 4 is 28.1 Å². The van der Waals surface area contributed by atoms with Gasteiger partial charge in [0.1, 0.15) is 0 Å². The van der Waals surface area contributed by atoms with Crippen LogP contribution in [-0.2, 0) is 11.3 Å². The molecule has 5 heteroatoms. The Hall–Kier alpha value is -1.88. The smallest absolute Gasteiger partial charge is 0.232 e. The Labute approximate surface area is 173 Å². The zero-order valence-corrected chi connectivity index (χ0v) is 18.7. The zero-order valence-electron chi connectivity index (χ0n) is 17.9. The van der Waals surface area contributed by atoms with Gasteiger partial charge in [-0.2, -0.15) is 0 Å². The molecule has 1 aromatic carbocycles. The van der Waals surface area contributed by atoms with Crippen molar-refractivity contribution in [3.05, 3.63) is 40.9 Å². The molecule has 1 amide bonds. The summed E-state index contributed by atoms with van der Waals surface area (Å²) in [6, 6.07) is 8.36. The van der Waals surface area contributed by atoms with Gasteiger partial charge in [0.05, 0.1) is 12.2 Å². The first kappa shape index (κ1) is 20.8. The van der Waals surface area contributed by atoms with Crippen LogP contribution in [0.4, 0.5) is 10.8 Å². The second-order valence-corrected chi connectivity index (χ2v) is 9.90. The lowest BCUT2D eigenvalue weighted by molar-refractivity contribution is -0.125. The SMILES string of the molecule is CC(C)c1cccc(N(Cc2csc(N3CCCCC3)n2)C(=O)C(C)(C)C)c1. The molecule has 1 aromatic heterocycles. The van der Waals surface area contributed by atoms with Crippen molar-refractivity contribution in [2.45, 2.75) is 66.3 Å². The van der Waals surface area contributed by atoms with E-state index in [1.165, 1.54) is 24.8 Å². The first-order chi connectivity index (χ1) is 13.3. The molecule has 1 aliphatic heterocycles. The Morgan fingerprint density at radius 2 is 1.93 bits per heavy atom. The minimum absolute atomic E-state index is 0.126. The largest absolute Gasteiger partial charge is 0.348 e. The van der Waals surface area contributed by atoms with Crippen LogP contribution in [0.25, 0.3) is 0 Å². The highest BCUT2D eigenvalue weighted by atomic mass is 32.1. The van der Waals surface area contributed by atoms with Gasteiger partial charge in [-0.05, 0) is 42.9 Å². The molecule has 0 unspecified atom stereocenters. The monoisotopic (exact) mass is 399 g/mol. The molecular weight excluding hydrogens is 366 g/mol. The van der Waals surface area contributed by atoms with E-state index in [4.69, 9.17) is 4.98 Å². The van der Waals surface area contributed by atoms with Gasteiger partial charge in [0, 0.05) is 29.6 Å². The Balaban J connectivity index is 1.87. The molecule has 4 nitrogen and oxygen atoms in total. The predicted octanol–water partition coefficient (Wildman–Crippen LogP) is 5.84. The number of nitrogens with zero attached hydrogens (tertiary/aromatic N) is 3. The molecule has 0 saturated carbocycles. The molecule has 1 saturated heterocycles. The average molecular weight is 400 g/mol. The van der Waals surface area contributed by atoms with Crippen molar-refractivity contribution in [2.24, 2.45) is 5.41 Å². The number of aromatic nitrogens is 1. The van der Waals surface area contributed by atoms with Crippen molar-refractivity contribution < 1.29 is 4.79 Å². The quantitative estimate of drug-likeness (QED) is 0.634. The highest BCUT2D eigenvalue weighted by molar-refractivity contribution is 7.13. The standard InChI is InChI=1S/C23H33N3OS/c1-17(2)18-10-9-11-20(14-18)26(21(27)23(3,4)5)15-19-16-28-22(24-19)25-12-7-6-8-13-25/h9-11,14,16-17H,6-8,12-13,15H2,1-5H3. The summed E-state index contributed by atoms with van der Waals surface area (Å²) in [5.41, 5.74) is 2.73. The van der Waals surface area contributed by atoms with Crippen LogP contribution in [0.2, 0.25) is 0 Å². The molecule has 3 rings (SSSR count). The van der Waals surface area contributed by atoms with E-state index in [9.17, 15) is 4.79 Å². The summed E-state index contributed by atoms with van der Waals surface area (Å²) in [6.07, 6.45) is 3.80. The fraction of sp³-hybridized carbons (Fsp3) is 0.565. The van der Waals surface area contributed by atoms with Crippen molar-refractivity contribution in [3.63, 3.8) is 0 Å². The molecule has 0 N–H and O–H groups in total. The Morgan fingerprint density at radius 1 is 1.21 bits per heavy atom. The second-order valence-electron chi connectivity index (χ2n) is 9.06. The third kappa shape index (κ3) is 4.93. The molecule has 28 heavy (non-hydrogen) atoms. The first-order valence-electron chi connectivity index (χ1n) is 10.4. The lowest BCUT2D eigenvalue weighted by atomic mass is 9.94. The van der Waals surface area contributed by atoms with E-state index in [0.29, 0.717) is 12.5 Å². The molecule has 0 aliphatic carbocycles. The van der Waals surface area contributed by atoms with Crippen LogP contribution in [0.3, 0.4) is 0 Å². The Bertz CT molecular complexity index is 800. The highest BCUT2D eigenvalue weighted by Gasteiger charge is 2.29. The first-order valence-corrected chi connectivity index (χ1v) is 11.2. The van der Waals surface area contributed by atoms with Crippen LogP contribution in [0, 0.1) is 5.41 Å². The zero-order chi connectivity index (χ0) is 20.3. The molecule has 0 spiro atoms. The van der Waals surface area contributed by atoms with Gasteiger partial charge in [-0.15, -0.1) is 11.3 Å². The number of anilines is 2. The van der Waals surface area contributed by atoms with E-state index in [2.05, 4.69) is 36.3 Å². The van der Waals surface area contributed by atoms with Crippen LogP contribution >= 0.6 is 11.3 Å². The van der Waals surface area contributed by atoms with Crippen LogP contribution in [0.5, 0.6) is 0 Å². The lowest BCUT2D eigenvalue weighted by Gasteiger charge is -2.30. The van der Waals surface area contributed by atoms with Gasteiger partial charge < -0.3 is 9.80 Å². The maximum Gasteiger partial charge on any atom is 0.232 e. The van der Waals surface area contributed by atoms with E-state index in [1.807, 2.05) is 37.8 Å². The topological polar surface area (TPSA) is 36.4 Å². The number of hydrogen-bond donors (Lipinski definition) is 0. The second kappa shape index (κ2) is 8.64. The van der Waals surface area contributed by atoms with E-state index in [-0.39, 0.29) is 5.91 Å². The van der Waals surface area contributed by atoms with Crippen LogP contribution in [0.1, 0.15) is 71.1 Å². The number of amides is 1. The van der Waals surface area contributed by atoms with Gasteiger partial charge in [0.15, 0.2) is 5.13 Å². The van der Waals surface area contributed by atoms with Crippen molar-refractivity contribution in [1.82, 2.24) is 4.98 Å². The number of piperidine rings is 1. The molecular formula is C23H33N3OS. The number of thiazole rings is 1. The molecule has 0 bridgehead atoms. The normalized spacial score (nSPS) is 15.1. The maximum atomic E-state index is 13.3. The molecule has 2 heterocycles. The number of rotatable bonds is 5. The summed E-state index contributed by atoms with van der Waals surface area (Å²) in [7, 11) is 0. The highest BCUT2D eigenvalue weighted by Crippen LogP contribution is 2.30. The van der Waals surface area contributed by atoms with Gasteiger partial charge in [-0.3, -0.25) is 4.79 Å². The number of carbonyl (C=O) groups is 1. The summed E-state index contributed by atoms with van der Waals surface area (Å²) >= 11 is 1.70. The van der Waals surface area contributed by atoms with E-state index in [1.54, 1.807) is 11.3 Å². The van der Waals surface area contributed by atoms with Gasteiger partial charge in [-0.1, -0.05) is 46.8 Å². The Kier molecular flexibility index (Phi) is 6.43. The van der Waals surface area contributed by atoms with Crippen LogP contribution < -0.4 is 9.80 Å². The summed E-state index contributed by atoms with van der Waals surface area (Å²) < 4.78 is 0. The summed E-state index contributed by atoms with van der Waals surface area (Å²) in [4.78, 5) is 22.4. The molecule has 0 radical (unpaired) electrons. The molecule has 152 valence electrons. The van der Waals surface area contributed by atoms with Crippen molar-refractivity contribution in [2.75, 3.05) is 22.9 Å². The predicted molar refractivity (Wildman–Crippen MR) is 119 cm³/mol. The van der Waals surface area contributed by atoms with E-state index < -0.39 is 5.41 Å². The lowest BCUT2D eigenvalue weighted by Crippen LogP contribution is -2.39. The maximum absolute atomic E-state index is 13.3. The molecule has 1 aliphatic rings. The minimum Gasteiger partial charge on any atom is -0.348 e. The van der Waals surface area contributed by atoms with E-state index >= 15 is 0 Å². The van der Waals surface area contributed by atoms with Crippen molar-refractivity contribution in [3.8, 4) is 0 Å². The van der Waals surface area contributed by atoms with Crippen LogP contribution in [-0.4, -0.2) is 24.0 Å². The minimum atomic E-state index is -0.445. The third-order valence-electron chi connectivity index (χ3n) is 5.22. The fourth-order valence-corrected chi connectivity index (χ4v) is 4.37. The van der Waals surface area contributed by atoms with Gasteiger partial charge >= 0.3 is 0 Å². The fourth-order valence-electron chi connectivity index (χ4n) is 3.50. The summed E-state index contributed by atoms with van der Waals surface area (Å²) in [5, 5.41) is 3.20. The average Bonchev–Trinajstić information content (AvgIpc) is 3.14. The molecule has 0 atom stereocenters. The molecule has 1 fully saturated rings. The van der Waals surface area contributed by atoms with Gasteiger partial charge in [0.25, 0.3) is 0 Å². The van der Waals surface area contributed by atoms with Crippen molar-refractivity contribution in [1.29, 1.82) is 0 Å². The third-order valence-corrected chi connectivity index (χ3v) is 6.17.